The van der Waals surface area contributed by atoms with Crippen molar-refractivity contribution in [2.75, 3.05) is 18.6 Å². The maximum atomic E-state index is 11.3. The molecule has 0 aliphatic rings. The third kappa shape index (κ3) is 3.50. The third-order valence-corrected chi connectivity index (χ3v) is 4.06. The monoisotopic (exact) mass is 244 g/mol. The number of sulfone groups is 1. The lowest BCUT2D eigenvalue weighted by atomic mass is 10.1. The maximum absolute atomic E-state index is 11.3. The van der Waals surface area contributed by atoms with Gasteiger partial charge in [-0.2, -0.15) is 0 Å². The summed E-state index contributed by atoms with van der Waals surface area (Å²) in [5.74, 6) is 0.477. The van der Waals surface area contributed by atoms with E-state index < -0.39 is 15.9 Å². The molecule has 90 valence electrons. The Hall–Kier alpha value is -1.07. The fourth-order valence-electron chi connectivity index (χ4n) is 1.28. The Balaban J connectivity index is 2.77. The van der Waals surface area contributed by atoms with Gasteiger partial charge in [0, 0.05) is 5.75 Å². The summed E-state index contributed by atoms with van der Waals surface area (Å²) in [7, 11) is -1.62. The Labute approximate surface area is 95.8 Å². The summed E-state index contributed by atoms with van der Waals surface area (Å²) < 4.78 is 27.6. The minimum Gasteiger partial charge on any atom is -0.497 e. The molecule has 0 radical (unpaired) electrons. The van der Waals surface area contributed by atoms with Gasteiger partial charge in [0.15, 0.2) is 9.84 Å². The van der Waals surface area contributed by atoms with Crippen LogP contribution >= 0.6 is 0 Å². The Bertz CT molecular complexity index is 422. The average molecular weight is 244 g/mol. The van der Waals surface area contributed by atoms with E-state index in [1.165, 1.54) is 0 Å². The van der Waals surface area contributed by atoms with Crippen LogP contribution in [0.4, 0.5) is 0 Å². The molecule has 1 aromatic carbocycles. The Morgan fingerprint density at radius 3 is 2.31 bits per heavy atom. The Kier molecular flexibility index (Phi) is 4.32. The number of rotatable bonds is 5. The van der Waals surface area contributed by atoms with E-state index in [2.05, 4.69) is 0 Å². The van der Waals surface area contributed by atoms with Gasteiger partial charge in [0.05, 0.1) is 19.0 Å². The van der Waals surface area contributed by atoms with E-state index in [1.807, 2.05) is 0 Å². The van der Waals surface area contributed by atoms with Crippen LogP contribution in [0.15, 0.2) is 24.3 Å². The predicted molar refractivity (Wildman–Crippen MR) is 62.3 cm³/mol. The fourth-order valence-corrected chi connectivity index (χ4v) is 2.19. The van der Waals surface area contributed by atoms with Gasteiger partial charge in [-0.05, 0) is 17.7 Å². The van der Waals surface area contributed by atoms with Crippen LogP contribution in [0, 0.1) is 0 Å². The SMILES string of the molecule is CCS(=O)(=O)C[C@H](O)c1ccc(OC)cc1. The lowest BCUT2D eigenvalue weighted by Crippen LogP contribution is -2.16. The van der Waals surface area contributed by atoms with Gasteiger partial charge in [0.1, 0.15) is 5.75 Å². The fraction of sp³-hybridized carbons (Fsp3) is 0.455. The van der Waals surface area contributed by atoms with Crippen LogP contribution in [0.2, 0.25) is 0 Å². The molecule has 0 amide bonds. The summed E-state index contributed by atoms with van der Waals surface area (Å²) in [4.78, 5) is 0. The summed E-state index contributed by atoms with van der Waals surface area (Å²) in [5, 5.41) is 9.73. The topological polar surface area (TPSA) is 63.6 Å². The van der Waals surface area contributed by atoms with Gasteiger partial charge in [-0.15, -0.1) is 0 Å². The zero-order chi connectivity index (χ0) is 12.2. The van der Waals surface area contributed by atoms with Gasteiger partial charge >= 0.3 is 0 Å². The molecule has 0 aliphatic carbocycles. The Morgan fingerprint density at radius 2 is 1.88 bits per heavy atom. The van der Waals surface area contributed by atoms with Crippen LogP contribution < -0.4 is 4.74 Å². The first-order valence-electron chi connectivity index (χ1n) is 5.01. The lowest BCUT2D eigenvalue weighted by molar-refractivity contribution is 0.201. The van der Waals surface area contributed by atoms with Crippen LogP contribution in [0.3, 0.4) is 0 Å². The quantitative estimate of drug-likeness (QED) is 0.844. The number of hydrogen-bond donors (Lipinski definition) is 1. The van der Waals surface area contributed by atoms with Gasteiger partial charge in [-0.3, -0.25) is 0 Å². The highest BCUT2D eigenvalue weighted by molar-refractivity contribution is 7.91. The second-order valence-corrected chi connectivity index (χ2v) is 5.89. The van der Waals surface area contributed by atoms with Gasteiger partial charge in [-0.25, -0.2) is 8.42 Å². The first-order valence-corrected chi connectivity index (χ1v) is 6.83. The van der Waals surface area contributed by atoms with Crippen LogP contribution in [-0.4, -0.2) is 32.1 Å². The van der Waals surface area contributed by atoms with Gasteiger partial charge < -0.3 is 9.84 Å². The highest BCUT2D eigenvalue weighted by Crippen LogP contribution is 2.18. The molecule has 5 heteroatoms. The summed E-state index contributed by atoms with van der Waals surface area (Å²) in [6.07, 6.45) is -0.976. The molecule has 1 atom stereocenters. The minimum absolute atomic E-state index is 0.0419. The maximum Gasteiger partial charge on any atom is 0.152 e. The number of ether oxygens (including phenoxy) is 1. The van der Waals surface area contributed by atoms with E-state index in [0.717, 1.165) is 0 Å². The van der Waals surface area contributed by atoms with Crippen molar-refractivity contribution >= 4 is 9.84 Å². The molecule has 0 heterocycles. The number of benzene rings is 1. The molecule has 0 spiro atoms. The van der Waals surface area contributed by atoms with Gasteiger partial charge in [-0.1, -0.05) is 19.1 Å². The first kappa shape index (κ1) is 13.0. The molecule has 0 fully saturated rings. The van der Waals surface area contributed by atoms with Crippen molar-refractivity contribution in [2.24, 2.45) is 0 Å². The summed E-state index contributed by atoms with van der Waals surface area (Å²) in [6.45, 7) is 1.57. The van der Waals surface area contributed by atoms with Crippen molar-refractivity contribution in [3.05, 3.63) is 29.8 Å². The molecule has 1 N–H and O–H groups in total. The van der Waals surface area contributed by atoms with Crippen molar-refractivity contribution in [3.63, 3.8) is 0 Å². The van der Waals surface area contributed by atoms with Gasteiger partial charge in [0.2, 0.25) is 0 Å². The van der Waals surface area contributed by atoms with Crippen LogP contribution in [0.25, 0.3) is 0 Å². The summed E-state index contributed by atoms with van der Waals surface area (Å²) in [5.41, 5.74) is 0.581. The average Bonchev–Trinajstić information content (AvgIpc) is 2.28. The van der Waals surface area contributed by atoms with Gasteiger partial charge in [0.25, 0.3) is 0 Å². The van der Waals surface area contributed by atoms with Crippen molar-refractivity contribution in [3.8, 4) is 5.75 Å². The van der Waals surface area contributed by atoms with E-state index in [-0.39, 0.29) is 11.5 Å². The number of methoxy groups -OCH3 is 1. The second kappa shape index (κ2) is 5.32. The molecule has 4 nitrogen and oxygen atoms in total. The number of hydrogen-bond acceptors (Lipinski definition) is 4. The predicted octanol–water partition coefficient (Wildman–Crippen LogP) is 1.16. The largest absolute Gasteiger partial charge is 0.497 e. The molecule has 1 rings (SSSR count). The molecule has 16 heavy (non-hydrogen) atoms. The number of aliphatic hydroxyl groups excluding tert-OH is 1. The second-order valence-electron chi connectivity index (χ2n) is 3.49. The molecule has 0 bridgehead atoms. The van der Waals surface area contributed by atoms with Crippen LogP contribution in [0.1, 0.15) is 18.6 Å². The molecular weight excluding hydrogens is 228 g/mol. The number of aliphatic hydroxyl groups is 1. The lowest BCUT2D eigenvalue weighted by Gasteiger charge is -2.11. The van der Waals surface area contributed by atoms with E-state index in [1.54, 1.807) is 38.3 Å². The molecule has 0 aromatic heterocycles. The summed E-state index contributed by atoms with van der Waals surface area (Å²) in [6, 6.07) is 6.71. The van der Waals surface area contributed by atoms with E-state index >= 15 is 0 Å². The summed E-state index contributed by atoms with van der Waals surface area (Å²) >= 11 is 0. The smallest absolute Gasteiger partial charge is 0.152 e. The zero-order valence-corrected chi connectivity index (χ0v) is 10.2. The standard InChI is InChI=1S/C11H16O4S/c1-3-16(13,14)8-11(12)9-4-6-10(15-2)7-5-9/h4-7,11-12H,3,8H2,1-2H3/t11-/m0/s1. The molecule has 0 saturated heterocycles. The molecule has 0 aliphatic heterocycles. The van der Waals surface area contributed by atoms with Crippen LogP contribution in [-0.2, 0) is 9.84 Å². The minimum atomic E-state index is -3.16. The normalized spacial score (nSPS) is 13.4. The highest BCUT2D eigenvalue weighted by Gasteiger charge is 2.16. The van der Waals surface area contributed by atoms with E-state index in [4.69, 9.17) is 4.74 Å². The molecule has 0 unspecified atom stereocenters. The highest BCUT2D eigenvalue weighted by atomic mass is 32.2. The van der Waals surface area contributed by atoms with E-state index in [0.29, 0.717) is 11.3 Å². The molecule has 0 saturated carbocycles. The van der Waals surface area contributed by atoms with Crippen molar-refractivity contribution in [2.45, 2.75) is 13.0 Å². The molecule has 1 aromatic rings. The van der Waals surface area contributed by atoms with Crippen molar-refractivity contribution in [1.82, 2.24) is 0 Å². The zero-order valence-electron chi connectivity index (χ0n) is 9.38. The van der Waals surface area contributed by atoms with Crippen molar-refractivity contribution < 1.29 is 18.3 Å². The van der Waals surface area contributed by atoms with E-state index in [9.17, 15) is 13.5 Å². The molecular formula is C11H16O4S. The third-order valence-electron chi connectivity index (χ3n) is 2.35. The van der Waals surface area contributed by atoms with Crippen LogP contribution in [0.5, 0.6) is 5.75 Å². The van der Waals surface area contributed by atoms with Crippen molar-refractivity contribution in [1.29, 1.82) is 0 Å². The Morgan fingerprint density at radius 1 is 1.31 bits per heavy atom. The first-order chi connectivity index (χ1) is 7.48.